The van der Waals surface area contributed by atoms with Crippen molar-refractivity contribution in [2.24, 2.45) is 0 Å². The third kappa shape index (κ3) is 4.09. The van der Waals surface area contributed by atoms with Crippen molar-refractivity contribution in [2.75, 3.05) is 26.4 Å². The molecule has 1 atom stereocenters. The van der Waals surface area contributed by atoms with Crippen LogP contribution in [0.1, 0.15) is 12.0 Å². The summed E-state index contributed by atoms with van der Waals surface area (Å²) in [6.45, 7) is 1.90. The van der Waals surface area contributed by atoms with Crippen LogP contribution in [0.25, 0.3) is 20.8 Å². The molecular weight excluding hydrogens is 492 g/mol. The summed E-state index contributed by atoms with van der Waals surface area (Å²) in [4.78, 5) is 4.80. The van der Waals surface area contributed by atoms with Gasteiger partial charge in [0.2, 0.25) is 0 Å². The number of sulfonamides is 1. The first-order chi connectivity index (χ1) is 16.6. The average Bonchev–Trinajstić information content (AvgIpc) is 3.59. The molecule has 0 unspecified atom stereocenters. The maximum absolute atomic E-state index is 13.3. The molecule has 2 aliphatic heterocycles. The predicted octanol–water partition coefficient (Wildman–Crippen LogP) is 4.78. The van der Waals surface area contributed by atoms with Crippen LogP contribution < -0.4 is 9.47 Å². The summed E-state index contributed by atoms with van der Waals surface area (Å²) in [7, 11) is -3.62. The van der Waals surface area contributed by atoms with Crippen LogP contribution in [-0.2, 0) is 21.3 Å². The van der Waals surface area contributed by atoms with Crippen molar-refractivity contribution in [2.45, 2.75) is 23.3 Å². The maximum atomic E-state index is 13.3. The van der Waals surface area contributed by atoms with Crippen LogP contribution in [0.5, 0.6) is 11.5 Å². The van der Waals surface area contributed by atoms with Gasteiger partial charge in [-0.1, -0.05) is 18.2 Å². The Balaban J connectivity index is 1.44. The lowest BCUT2D eigenvalue weighted by atomic mass is 10.1. The zero-order valence-electron chi connectivity index (χ0n) is 18.2. The first kappa shape index (κ1) is 22.0. The van der Waals surface area contributed by atoms with Crippen LogP contribution in [0.4, 0.5) is 0 Å². The second-order valence-electron chi connectivity index (χ2n) is 8.17. The van der Waals surface area contributed by atoms with Gasteiger partial charge in [0.25, 0.3) is 10.0 Å². The summed E-state index contributed by atoms with van der Waals surface area (Å²) in [5.41, 5.74) is 2.58. The van der Waals surface area contributed by atoms with Gasteiger partial charge >= 0.3 is 0 Å². The molecule has 0 N–H and O–H groups in total. The van der Waals surface area contributed by atoms with Gasteiger partial charge in [0.15, 0.2) is 11.5 Å². The van der Waals surface area contributed by atoms with Gasteiger partial charge in [-0.25, -0.2) is 13.4 Å². The highest BCUT2D eigenvalue weighted by Gasteiger charge is 2.31. The van der Waals surface area contributed by atoms with Crippen molar-refractivity contribution in [1.82, 2.24) is 9.29 Å². The Morgan fingerprint density at radius 3 is 2.82 bits per heavy atom. The van der Waals surface area contributed by atoms with Gasteiger partial charge < -0.3 is 14.2 Å². The molecule has 0 spiro atoms. The number of ether oxygens (including phenoxy) is 3. The molecule has 2 aromatic heterocycles. The molecule has 34 heavy (non-hydrogen) atoms. The Morgan fingerprint density at radius 1 is 1.12 bits per heavy atom. The summed E-state index contributed by atoms with van der Waals surface area (Å²) in [5, 5.41) is 2.63. The highest BCUT2D eigenvalue weighted by molar-refractivity contribution is 7.91. The van der Waals surface area contributed by atoms with E-state index in [2.05, 4.69) is 0 Å². The quantitative estimate of drug-likeness (QED) is 0.382. The molecule has 6 rings (SSSR count). The van der Waals surface area contributed by atoms with Gasteiger partial charge in [-0.05, 0) is 35.7 Å². The third-order valence-electron chi connectivity index (χ3n) is 5.88. The van der Waals surface area contributed by atoms with Crippen LogP contribution in [-0.4, -0.2) is 50.2 Å². The van der Waals surface area contributed by atoms with Crippen LogP contribution in [0.2, 0.25) is 0 Å². The van der Waals surface area contributed by atoms with Gasteiger partial charge in [0.05, 0.1) is 23.4 Å². The molecule has 176 valence electrons. The van der Waals surface area contributed by atoms with Crippen molar-refractivity contribution >= 4 is 42.9 Å². The summed E-state index contributed by atoms with van der Waals surface area (Å²) >= 11 is 2.82. The summed E-state index contributed by atoms with van der Waals surface area (Å²) in [6, 6.07) is 15.3. The van der Waals surface area contributed by atoms with Crippen molar-refractivity contribution in [1.29, 1.82) is 0 Å². The van der Waals surface area contributed by atoms with Crippen LogP contribution >= 0.6 is 22.7 Å². The second kappa shape index (κ2) is 8.94. The Hall–Kier alpha value is -2.50. The summed E-state index contributed by atoms with van der Waals surface area (Å²) in [5.74, 6) is 1.21. The van der Waals surface area contributed by atoms with E-state index in [4.69, 9.17) is 19.2 Å². The number of thiazole rings is 1. The van der Waals surface area contributed by atoms with Crippen molar-refractivity contribution < 1.29 is 22.6 Å². The standard InChI is InChI=1S/C24H22N2O5S3/c27-34(28,22-6-3-11-32-22)26-8-10-30-23-17(14-26)12-16(13-20(23)31-18-7-9-29-15-18)24-25-19-4-1-2-5-21(19)33-24/h1-6,11-13,18H,7-10,14-15H2/t18-/m1/s1. The largest absolute Gasteiger partial charge is 0.488 e. The molecule has 0 bridgehead atoms. The van der Waals surface area contributed by atoms with Gasteiger partial charge in [-0.15, -0.1) is 22.7 Å². The zero-order valence-corrected chi connectivity index (χ0v) is 20.6. The van der Waals surface area contributed by atoms with E-state index >= 15 is 0 Å². The monoisotopic (exact) mass is 514 g/mol. The number of benzene rings is 2. The van der Waals surface area contributed by atoms with E-state index in [0.29, 0.717) is 28.9 Å². The first-order valence-corrected chi connectivity index (χ1v) is 14.2. The van der Waals surface area contributed by atoms with Gasteiger partial charge in [0.1, 0.15) is 21.9 Å². The fourth-order valence-corrected chi connectivity index (χ4v) is 7.69. The smallest absolute Gasteiger partial charge is 0.252 e. The molecule has 0 radical (unpaired) electrons. The van der Waals surface area contributed by atoms with E-state index in [0.717, 1.165) is 32.8 Å². The van der Waals surface area contributed by atoms with Gasteiger partial charge in [-0.3, -0.25) is 0 Å². The molecule has 4 aromatic rings. The number of nitrogens with zero attached hydrogens (tertiary/aromatic N) is 2. The third-order valence-corrected chi connectivity index (χ3v) is 10.2. The Kier molecular flexibility index (Phi) is 5.78. The van der Waals surface area contributed by atoms with Crippen molar-refractivity contribution in [3.63, 3.8) is 0 Å². The number of thiophene rings is 1. The van der Waals surface area contributed by atoms with Crippen molar-refractivity contribution in [3.05, 3.63) is 59.5 Å². The molecule has 0 saturated carbocycles. The average molecular weight is 515 g/mol. The Morgan fingerprint density at radius 2 is 2.03 bits per heavy atom. The summed E-state index contributed by atoms with van der Waals surface area (Å²) < 4.78 is 47.4. The number of aromatic nitrogens is 1. The Labute approximate surface area is 205 Å². The molecule has 1 fully saturated rings. The molecule has 2 aliphatic rings. The lowest BCUT2D eigenvalue weighted by molar-refractivity contribution is 0.137. The zero-order chi connectivity index (χ0) is 23.1. The number of fused-ring (bicyclic) bond motifs is 2. The topological polar surface area (TPSA) is 78.0 Å². The lowest BCUT2D eigenvalue weighted by Crippen LogP contribution is -2.32. The molecule has 0 aliphatic carbocycles. The highest BCUT2D eigenvalue weighted by Crippen LogP contribution is 2.42. The number of hydrogen-bond donors (Lipinski definition) is 0. The number of para-hydroxylation sites is 1. The Bertz CT molecular complexity index is 1390. The van der Waals surface area contributed by atoms with E-state index in [9.17, 15) is 8.42 Å². The van der Waals surface area contributed by atoms with Crippen LogP contribution in [0, 0.1) is 0 Å². The normalized spacial score (nSPS) is 19.0. The van der Waals surface area contributed by atoms with E-state index in [1.54, 1.807) is 28.8 Å². The molecule has 7 nitrogen and oxygen atoms in total. The maximum Gasteiger partial charge on any atom is 0.252 e. The van der Waals surface area contributed by atoms with Gasteiger partial charge in [-0.2, -0.15) is 4.31 Å². The molecule has 1 saturated heterocycles. The van der Waals surface area contributed by atoms with Crippen molar-refractivity contribution in [3.8, 4) is 22.1 Å². The van der Waals surface area contributed by atoms with Crippen LogP contribution in [0.3, 0.4) is 0 Å². The number of rotatable bonds is 5. The van der Waals surface area contributed by atoms with E-state index in [1.807, 2.05) is 36.4 Å². The van der Waals surface area contributed by atoms with E-state index in [-0.39, 0.29) is 25.8 Å². The SMILES string of the molecule is O=S(=O)(c1cccs1)N1CCOc2c(cc(-c3nc4ccccc4s3)cc2O[C@@H]2CCOC2)C1. The minimum absolute atomic E-state index is 0.0625. The highest BCUT2D eigenvalue weighted by atomic mass is 32.2. The molecule has 10 heteroatoms. The van der Waals surface area contributed by atoms with E-state index < -0.39 is 10.0 Å². The second-order valence-corrected chi connectivity index (χ2v) is 12.3. The molecule has 2 aromatic carbocycles. The molecule has 0 amide bonds. The number of hydrogen-bond acceptors (Lipinski definition) is 8. The first-order valence-electron chi connectivity index (χ1n) is 11.0. The minimum atomic E-state index is -3.62. The minimum Gasteiger partial charge on any atom is -0.488 e. The molecular formula is C24H22N2O5S3. The fourth-order valence-electron chi connectivity index (χ4n) is 4.19. The van der Waals surface area contributed by atoms with Crippen LogP contribution in [0.15, 0.2) is 58.1 Å². The van der Waals surface area contributed by atoms with Gasteiger partial charge in [0, 0.05) is 30.6 Å². The summed E-state index contributed by atoms with van der Waals surface area (Å²) in [6.07, 6.45) is 0.742. The van der Waals surface area contributed by atoms with E-state index in [1.165, 1.54) is 15.6 Å². The molecule has 4 heterocycles. The fraction of sp³-hybridized carbons (Fsp3) is 0.292. The predicted molar refractivity (Wildman–Crippen MR) is 132 cm³/mol. The lowest BCUT2D eigenvalue weighted by Gasteiger charge is -2.20.